The van der Waals surface area contributed by atoms with Gasteiger partial charge in [-0.3, -0.25) is 4.79 Å². The van der Waals surface area contributed by atoms with Crippen LogP contribution in [0.2, 0.25) is 0 Å². The van der Waals surface area contributed by atoms with Crippen molar-refractivity contribution >= 4 is 48.3 Å². The molecular formula is C25H25BrN4O3S. The number of sulfonamides is 1. The number of fused-ring (bicyclic) bond motifs is 4. The first kappa shape index (κ1) is 23.1. The van der Waals surface area contributed by atoms with Gasteiger partial charge in [0.2, 0.25) is 10.0 Å². The molecule has 2 aromatic carbocycles. The number of benzene rings is 2. The van der Waals surface area contributed by atoms with Gasteiger partial charge in [-0.1, -0.05) is 19.9 Å². The molecule has 3 aromatic rings. The first-order chi connectivity index (χ1) is 16.0. The molecule has 1 saturated heterocycles. The van der Waals surface area contributed by atoms with Crippen molar-refractivity contribution in [2.75, 3.05) is 24.2 Å². The van der Waals surface area contributed by atoms with Gasteiger partial charge < -0.3 is 9.88 Å². The molecule has 1 aromatic heterocycles. The SMILES string of the molecule is CC1(C)c2cc(N3CCC(NS(C)(=O)=O)CC3)c(Br)cc2C(=O)c2c1[nH]c1cc(C#N)ccc21. The average Bonchev–Trinajstić information content (AvgIpc) is 3.17. The summed E-state index contributed by atoms with van der Waals surface area (Å²) in [7, 11) is -3.23. The molecule has 2 heterocycles. The van der Waals surface area contributed by atoms with E-state index in [4.69, 9.17) is 0 Å². The van der Waals surface area contributed by atoms with Crippen molar-refractivity contribution in [3.05, 3.63) is 62.8 Å². The lowest BCUT2D eigenvalue weighted by Gasteiger charge is -2.37. The smallest absolute Gasteiger partial charge is 0.208 e. The van der Waals surface area contributed by atoms with Crippen LogP contribution in [0.4, 0.5) is 5.69 Å². The first-order valence-electron chi connectivity index (χ1n) is 11.2. The predicted molar refractivity (Wildman–Crippen MR) is 136 cm³/mol. The molecule has 0 atom stereocenters. The summed E-state index contributed by atoms with van der Waals surface area (Å²) in [5, 5.41) is 10.1. The molecule has 0 spiro atoms. The van der Waals surface area contributed by atoms with E-state index in [-0.39, 0.29) is 11.8 Å². The number of hydrogen-bond donors (Lipinski definition) is 2. The Kier molecular flexibility index (Phi) is 5.39. The maximum absolute atomic E-state index is 13.7. The normalized spacial score (nSPS) is 18.0. The second-order valence-corrected chi connectivity index (χ2v) is 12.3. The van der Waals surface area contributed by atoms with Crippen LogP contribution in [0.25, 0.3) is 10.9 Å². The van der Waals surface area contributed by atoms with E-state index in [1.54, 1.807) is 12.1 Å². The number of rotatable bonds is 3. The number of halogens is 1. The number of nitriles is 1. The van der Waals surface area contributed by atoms with Crippen molar-refractivity contribution in [2.45, 2.75) is 38.1 Å². The van der Waals surface area contributed by atoms with Gasteiger partial charge in [-0.2, -0.15) is 5.26 Å². The number of anilines is 1. The lowest BCUT2D eigenvalue weighted by molar-refractivity contribution is 0.103. The van der Waals surface area contributed by atoms with Crippen LogP contribution in [0.15, 0.2) is 34.8 Å². The van der Waals surface area contributed by atoms with Gasteiger partial charge in [-0.15, -0.1) is 0 Å². The molecule has 0 saturated carbocycles. The monoisotopic (exact) mass is 540 g/mol. The van der Waals surface area contributed by atoms with E-state index >= 15 is 0 Å². The summed E-state index contributed by atoms with van der Waals surface area (Å²) >= 11 is 3.69. The molecule has 9 heteroatoms. The Hall–Kier alpha value is -2.67. The summed E-state index contributed by atoms with van der Waals surface area (Å²) < 4.78 is 26.7. The van der Waals surface area contributed by atoms with E-state index in [2.05, 4.69) is 56.5 Å². The molecule has 1 aliphatic carbocycles. The van der Waals surface area contributed by atoms with Crippen LogP contribution in [0.5, 0.6) is 0 Å². The number of aromatic amines is 1. The van der Waals surface area contributed by atoms with Crippen LogP contribution >= 0.6 is 15.9 Å². The van der Waals surface area contributed by atoms with Crippen LogP contribution in [-0.4, -0.2) is 44.6 Å². The van der Waals surface area contributed by atoms with Gasteiger partial charge in [0.15, 0.2) is 5.78 Å². The highest BCUT2D eigenvalue weighted by molar-refractivity contribution is 9.10. The first-order valence-corrected chi connectivity index (χ1v) is 13.9. The van der Waals surface area contributed by atoms with Crippen molar-refractivity contribution in [1.82, 2.24) is 9.71 Å². The lowest BCUT2D eigenvalue weighted by Crippen LogP contribution is -2.44. The Morgan fingerprint density at radius 1 is 1.21 bits per heavy atom. The van der Waals surface area contributed by atoms with Gasteiger partial charge in [0.25, 0.3) is 0 Å². The second-order valence-electron chi connectivity index (χ2n) is 9.70. The summed E-state index contributed by atoms with van der Waals surface area (Å²) in [6, 6.07) is 11.5. The molecule has 34 heavy (non-hydrogen) atoms. The molecule has 2 aliphatic rings. The summed E-state index contributed by atoms with van der Waals surface area (Å²) in [6.45, 7) is 5.65. The maximum atomic E-state index is 13.7. The van der Waals surface area contributed by atoms with Crippen LogP contribution in [0.1, 0.15) is 59.4 Å². The number of ketones is 1. The average molecular weight is 541 g/mol. The standard InChI is InChI=1S/C25H25BrN4O3S/c1-25(2)18-12-21(30-8-6-15(7-9-30)29-34(3,32)33)19(26)11-17(18)23(31)22-16-5-4-14(13-27)10-20(16)28-24(22)25/h4-5,10-12,15,28-29H,6-9H2,1-3H3. The Bertz CT molecular complexity index is 1490. The van der Waals surface area contributed by atoms with Gasteiger partial charge in [-0.05, 0) is 58.6 Å². The van der Waals surface area contributed by atoms with Crippen molar-refractivity contribution < 1.29 is 13.2 Å². The van der Waals surface area contributed by atoms with E-state index in [0.29, 0.717) is 42.6 Å². The predicted octanol–water partition coefficient (Wildman–Crippen LogP) is 4.19. The van der Waals surface area contributed by atoms with E-state index in [1.165, 1.54) is 6.26 Å². The van der Waals surface area contributed by atoms with Gasteiger partial charge in [0.1, 0.15) is 0 Å². The van der Waals surface area contributed by atoms with Crippen molar-refractivity contribution in [3.8, 4) is 6.07 Å². The third-order valence-electron chi connectivity index (χ3n) is 7.00. The molecule has 0 bridgehead atoms. The summed E-state index contributed by atoms with van der Waals surface area (Å²) in [6.07, 6.45) is 2.62. The number of hydrogen-bond acceptors (Lipinski definition) is 5. The zero-order chi connectivity index (χ0) is 24.4. The van der Waals surface area contributed by atoms with Crippen LogP contribution in [0, 0.1) is 11.3 Å². The second kappa shape index (κ2) is 7.94. The number of carbonyl (C=O) groups excluding carboxylic acids is 1. The highest BCUT2D eigenvalue weighted by Gasteiger charge is 2.40. The fraction of sp³-hybridized carbons (Fsp3) is 0.360. The van der Waals surface area contributed by atoms with Gasteiger partial charge in [0, 0.05) is 51.2 Å². The number of piperidine rings is 1. The fourth-order valence-electron chi connectivity index (χ4n) is 5.29. The Labute approximate surface area is 207 Å². The molecule has 176 valence electrons. The molecule has 0 radical (unpaired) electrons. The van der Waals surface area contributed by atoms with Gasteiger partial charge in [-0.25, -0.2) is 13.1 Å². The minimum atomic E-state index is -3.23. The maximum Gasteiger partial charge on any atom is 0.208 e. The number of H-pyrrole nitrogens is 1. The van der Waals surface area contributed by atoms with Gasteiger partial charge >= 0.3 is 0 Å². The number of nitrogens with one attached hydrogen (secondary N) is 2. The van der Waals surface area contributed by atoms with Crippen LogP contribution in [0.3, 0.4) is 0 Å². The van der Waals surface area contributed by atoms with E-state index < -0.39 is 15.4 Å². The van der Waals surface area contributed by atoms with Crippen molar-refractivity contribution in [3.63, 3.8) is 0 Å². The zero-order valence-corrected chi connectivity index (χ0v) is 21.6. The minimum absolute atomic E-state index is 0.0245. The van der Waals surface area contributed by atoms with Crippen molar-refractivity contribution in [1.29, 1.82) is 5.26 Å². The number of nitrogens with zero attached hydrogens (tertiary/aromatic N) is 2. The number of carbonyl (C=O) groups is 1. The lowest BCUT2D eigenvalue weighted by atomic mass is 9.71. The largest absolute Gasteiger partial charge is 0.370 e. The Balaban J connectivity index is 1.54. The quantitative estimate of drug-likeness (QED) is 0.518. The highest BCUT2D eigenvalue weighted by Crippen LogP contribution is 2.46. The summed E-state index contributed by atoms with van der Waals surface area (Å²) in [4.78, 5) is 19.3. The van der Waals surface area contributed by atoms with Crippen LogP contribution in [-0.2, 0) is 15.4 Å². The summed E-state index contributed by atoms with van der Waals surface area (Å²) in [5.74, 6) is -0.0245. The van der Waals surface area contributed by atoms with E-state index in [1.807, 2.05) is 12.1 Å². The minimum Gasteiger partial charge on any atom is -0.370 e. The number of aromatic nitrogens is 1. The summed E-state index contributed by atoms with van der Waals surface area (Å²) in [5.41, 5.74) is 5.05. The van der Waals surface area contributed by atoms with Crippen LogP contribution < -0.4 is 9.62 Å². The van der Waals surface area contributed by atoms with E-state index in [9.17, 15) is 18.5 Å². The molecule has 0 amide bonds. The topological polar surface area (TPSA) is 106 Å². The molecule has 7 nitrogen and oxygen atoms in total. The molecule has 0 unspecified atom stereocenters. The molecule has 1 aliphatic heterocycles. The van der Waals surface area contributed by atoms with Crippen molar-refractivity contribution in [2.24, 2.45) is 0 Å². The third kappa shape index (κ3) is 3.74. The Morgan fingerprint density at radius 2 is 1.91 bits per heavy atom. The molecule has 1 fully saturated rings. The van der Waals surface area contributed by atoms with E-state index in [0.717, 1.165) is 32.3 Å². The molecule has 5 rings (SSSR count). The third-order valence-corrected chi connectivity index (χ3v) is 8.40. The highest BCUT2D eigenvalue weighted by atomic mass is 79.9. The zero-order valence-electron chi connectivity index (χ0n) is 19.2. The molecule has 2 N–H and O–H groups in total. The van der Waals surface area contributed by atoms with Gasteiger partial charge in [0.05, 0.1) is 29.1 Å². The Morgan fingerprint density at radius 3 is 2.56 bits per heavy atom. The fourth-order valence-corrected chi connectivity index (χ4v) is 6.73. The molecular weight excluding hydrogens is 516 g/mol.